The molecular weight excluding hydrogens is 166 g/mol. The van der Waals surface area contributed by atoms with Crippen LogP contribution in [0.1, 0.15) is 26.7 Å². The minimum absolute atomic E-state index is 0.686. The fraction of sp³-hybridized carbons (Fsp3) is 0.889. The quantitative estimate of drug-likeness (QED) is 0.294. The molecule has 0 rings (SSSR count). The van der Waals surface area contributed by atoms with Gasteiger partial charge >= 0.3 is 0 Å². The van der Waals surface area contributed by atoms with Crippen LogP contribution in [0.3, 0.4) is 0 Å². The first-order chi connectivity index (χ1) is 6.20. The minimum atomic E-state index is 0.686. The average molecular weight is 187 g/mol. The molecule has 0 amide bonds. The molecule has 0 spiro atoms. The van der Waals surface area contributed by atoms with Gasteiger partial charge in [0.1, 0.15) is 7.11 Å². The normalized spacial score (nSPS) is 11.6. The van der Waals surface area contributed by atoms with E-state index in [1.54, 1.807) is 0 Å². The number of hydrogen-bond acceptors (Lipinski definition) is 2. The summed E-state index contributed by atoms with van der Waals surface area (Å²) >= 11 is 0. The Kier molecular flexibility index (Phi) is 7.15. The van der Waals surface area contributed by atoms with Crippen LogP contribution in [-0.2, 0) is 4.84 Å². The molecule has 0 aromatic heterocycles. The third-order valence-electron chi connectivity index (χ3n) is 1.67. The van der Waals surface area contributed by atoms with Gasteiger partial charge in [-0.2, -0.15) is 0 Å². The summed E-state index contributed by atoms with van der Waals surface area (Å²) in [6, 6.07) is 0. The first kappa shape index (κ1) is 12.1. The van der Waals surface area contributed by atoms with E-state index in [0.717, 1.165) is 18.9 Å². The lowest BCUT2D eigenvalue weighted by Crippen LogP contribution is -2.35. The van der Waals surface area contributed by atoms with Crippen LogP contribution in [0.4, 0.5) is 0 Å². The highest BCUT2D eigenvalue weighted by atomic mass is 16.6. The van der Waals surface area contributed by atoms with Crippen molar-refractivity contribution in [2.24, 2.45) is 11.1 Å². The second-order valence-electron chi connectivity index (χ2n) is 3.34. The summed E-state index contributed by atoms with van der Waals surface area (Å²) < 4.78 is 0. The molecule has 0 aliphatic carbocycles. The fourth-order valence-corrected chi connectivity index (χ4v) is 0.975. The van der Waals surface area contributed by atoms with Crippen molar-refractivity contribution in [3.8, 4) is 0 Å². The third kappa shape index (κ3) is 7.43. The lowest BCUT2D eigenvalue weighted by atomic mass is 10.1. The van der Waals surface area contributed by atoms with E-state index in [1.165, 1.54) is 13.5 Å². The van der Waals surface area contributed by atoms with Crippen molar-refractivity contribution in [1.29, 1.82) is 0 Å². The number of nitrogens with one attached hydrogen (secondary N) is 2. The lowest BCUT2D eigenvalue weighted by molar-refractivity contribution is 0.210. The number of hydrogen-bond donors (Lipinski definition) is 2. The van der Waals surface area contributed by atoms with Crippen molar-refractivity contribution < 1.29 is 4.84 Å². The molecule has 0 aromatic rings. The molecule has 4 nitrogen and oxygen atoms in total. The zero-order valence-corrected chi connectivity index (χ0v) is 9.05. The van der Waals surface area contributed by atoms with Gasteiger partial charge in [-0.1, -0.05) is 13.8 Å². The first-order valence-electron chi connectivity index (χ1n) is 4.73. The van der Waals surface area contributed by atoms with Crippen LogP contribution >= 0.6 is 0 Å². The van der Waals surface area contributed by atoms with Crippen molar-refractivity contribution in [3.63, 3.8) is 0 Å². The summed E-state index contributed by atoms with van der Waals surface area (Å²) in [4.78, 5) is 4.64. The molecule has 78 valence electrons. The van der Waals surface area contributed by atoms with Gasteiger partial charge in [0.25, 0.3) is 0 Å². The van der Waals surface area contributed by atoms with Crippen LogP contribution in [0.2, 0.25) is 0 Å². The van der Waals surface area contributed by atoms with Gasteiger partial charge in [0, 0.05) is 13.6 Å². The van der Waals surface area contributed by atoms with Crippen LogP contribution in [0, 0.1) is 5.92 Å². The summed E-state index contributed by atoms with van der Waals surface area (Å²) in [5, 5.41) is 9.80. The van der Waals surface area contributed by atoms with Crippen LogP contribution in [0.25, 0.3) is 0 Å². The molecule has 2 N–H and O–H groups in total. The molecule has 0 fully saturated rings. The Morgan fingerprint density at radius 1 is 1.46 bits per heavy atom. The summed E-state index contributed by atoms with van der Waals surface area (Å²) in [5.41, 5.74) is 0. The Morgan fingerprint density at radius 2 is 2.15 bits per heavy atom. The second-order valence-corrected chi connectivity index (χ2v) is 3.34. The molecule has 0 aromatic carbocycles. The summed E-state index contributed by atoms with van der Waals surface area (Å²) in [5.74, 6) is 1.45. The molecular formula is C9H21N3O. The van der Waals surface area contributed by atoms with Gasteiger partial charge < -0.3 is 15.5 Å². The fourth-order valence-electron chi connectivity index (χ4n) is 0.975. The van der Waals surface area contributed by atoms with Gasteiger partial charge in [-0.3, -0.25) is 0 Å². The second kappa shape index (κ2) is 7.71. The maximum atomic E-state index is 4.64. The molecule has 0 saturated heterocycles. The zero-order chi connectivity index (χ0) is 10.1. The molecule has 0 unspecified atom stereocenters. The average Bonchev–Trinajstić information content (AvgIpc) is 2.10. The molecule has 0 saturated carbocycles. The zero-order valence-electron chi connectivity index (χ0n) is 9.05. The minimum Gasteiger partial charge on any atom is -0.396 e. The Labute approximate surface area is 80.7 Å². The summed E-state index contributed by atoms with van der Waals surface area (Å²) in [7, 11) is 3.35. The number of guanidine groups is 1. The van der Waals surface area contributed by atoms with Crippen LogP contribution in [0.5, 0.6) is 0 Å². The van der Waals surface area contributed by atoms with Gasteiger partial charge in [-0.25, -0.2) is 0 Å². The van der Waals surface area contributed by atoms with Crippen LogP contribution in [-0.4, -0.2) is 26.7 Å². The highest BCUT2D eigenvalue weighted by molar-refractivity contribution is 5.78. The number of oxime groups is 1. The summed E-state index contributed by atoms with van der Waals surface area (Å²) in [6.07, 6.45) is 2.39. The Bertz CT molecular complexity index is 146. The van der Waals surface area contributed by atoms with Gasteiger partial charge in [0.15, 0.2) is 0 Å². The van der Waals surface area contributed by atoms with Crippen molar-refractivity contribution in [1.82, 2.24) is 10.6 Å². The van der Waals surface area contributed by atoms with E-state index in [1.807, 2.05) is 7.05 Å². The smallest absolute Gasteiger partial charge is 0.233 e. The Morgan fingerprint density at radius 3 is 2.62 bits per heavy atom. The van der Waals surface area contributed by atoms with Crippen molar-refractivity contribution in [2.75, 3.05) is 20.7 Å². The van der Waals surface area contributed by atoms with Crippen LogP contribution < -0.4 is 10.6 Å². The third-order valence-corrected chi connectivity index (χ3v) is 1.67. The maximum absolute atomic E-state index is 4.64. The predicted octanol–water partition coefficient (Wildman–Crippen LogP) is 1.15. The predicted molar refractivity (Wildman–Crippen MR) is 55.6 cm³/mol. The van der Waals surface area contributed by atoms with E-state index in [9.17, 15) is 0 Å². The molecule has 0 bridgehead atoms. The lowest BCUT2D eigenvalue weighted by Gasteiger charge is -2.08. The molecule has 0 aliphatic rings. The topological polar surface area (TPSA) is 45.7 Å². The van der Waals surface area contributed by atoms with E-state index in [-0.39, 0.29) is 0 Å². The standard InChI is InChI=1S/C9H21N3O/c1-8(2)6-5-7-11-9(10-3)12-13-4/h8H,5-7H2,1-4H3,(H2,10,11,12). The maximum Gasteiger partial charge on any atom is 0.233 e. The molecule has 0 heterocycles. The van der Waals surface area contributed by atoms with Crippen molar-refractivity contribution in [3.05, 3.63) is 0 Å². The van der Waals surface area contributed by atoms with Gasteiger partial charge in [0.2, 0.25) is 5.96 Å². The van der Waals surface area contributed by atoms with E-state index >= 15 is 0 Å². The molecule has 0 atom stereocenters. The number of rotatable bonds is 5. The van der Waals surface area contributed by atoms with E-state index in [4.69, 9.17) is 0 Å². The monoisotopic (exact) mass is 187 g/mol. The van der Waals surface area contributed by atoms with Gasteiger partial charge in [-0.05, 0) is 23.9 Å². The van der Waals surface area contributed by atoms with Crippen LogP contribution in [0.15, 0.2) is 5.16 Å². The highest BCUT2D eigenvalue weighted by Crippen LogP contribution is 2.01. The van der Waals surface area contributed by atoms with Crippen molar-refractivity contribution in [2.45, 2.75) is 26.7 Å². The largest absolute Gasteiger partial charge is 0.396 e. The van der Waals surface area contributed by atoms with E-state index < -0.39 is 0 Å². The Hall–Kier alpha value is -0.930. The number of nitrogens with zero attached hydrogens (tertiary/aromatic N) is 1. The summed E-state index contributed by atoms with van der Waals surface area (Å²) in [6.45, 7) is 5.38. The first-order valence-corrected chi connectivity index (χ1v) is 4.73. The van der Waals surface area contributed by atoms with Gasteiger partial charge in [0.05, 0.1) is 0 Å². The highest BCUT2D eigenvalue weighted by Gasteiger charge is 1.96. The SMILES string of the molecule is CN/C(=N\OC)NCCCC(C)C. The molecule has 13 heavy (non-hydrogen) atoms. The molecule has 0 radical (unpaired) electrons. The molecule has 4 heteroatoms. The van der Waals surface area contributed by atoms with Crippen molar-refractivity contribution >= 4 is 5.96 Å². The van der Waals surface area contributed by atoms with Gasteiger partial charge in [-0.15, -0.1) is 0 Å². The Balaban J connectivity index is 3.44. The van der Waals surface area contributed by atoms with E-state index in [2.05, 4.69) is 34.5 Å². The molecule has 0 aliphatic heterocycles. The van der Waals surface area contributed by atoms with E-state index in [0.29, 0.717) is 5.96 Å².